The first-order chi connectivity index (χ1) is 18.2. The summed E-state index contributed by atoms with van der Waals surface area (Å²) >= 11 is 0. The van der Waals surface area contributed by atoms with Crippen LogP contribution in [-0.4, -0.2) is 74.1 Å². The normalized spacial score (nSPS) is 14.6. The molecular weight excluding hydrogens is 510 g/mol. The van der Waals surface area contributed by atoms with Crippen LogP contribution in [0.5, 0.6) is 5.75 Å². The molecule has 1 aromatic heterocycles. The number of para-hydroxylation sites is 1. The third-order valence-corrected chi connectivity index (χ3v) is 8.15. The van der Waals surface area contributed by atoms with Crippen molar-refractivity contribution in [2.24, 2.45) is 0 Å². The average Bonchev–Trinajstić information content (AvgIpc) is 3.46. The Labute approximate surface area is 221 Å². The SMILES string of the molecule is Cc1ccc(S(=O)(=O)[C@@H](NC(=O)c2ccco2)C(=O)N2CCN(C(=O)COc3ccccc3C)CC2)cc1. The molecule has 0 radical (unpaired) electrons. The average molecular weight is 540 g/mol. The number of nitrogens with one attached hydrogen (secondary N) is 1. The molecule has 2 aromatic carbocycles. The van der Waals surface area contributed by atoms with E-state index in [1.807, 2.05) is 32.0 Å². The van der Waals surface area contributed by atoms with E-state index in [4.69, 9.17) is 9.15 Å². The summed E-state index contributed by atoms with van der Waals surface area (Å²) in [5, 5.41) is 0.469. The number of hydrogen-bond acceptors (Lipinski definition) is 7. The molecule has 11 heteroatoms. The first-order valence-electron chi connectivity index (χ1n) is 12.1. The first-order valence-corrected chi connectivity index (χ1v) is 13.6. The minimum Gasteiger partial charge on any atom is -0.484 e. The highest BCUT2D eigenvalue weighted by Gasteiger charge is 2.40. The fourth-order valence-corrected chi connectivity index (χ4v) is 5.49. The summed E-state index contributed by atoms with van der Waals surface area (Å²) < 4.78 is 37.7. The first kappa shape index (κ1) is 26.9. The molecule has 1 aliphatic rings. The standard InChI is InChI=1S/C27H29N3O7S/c1-19-9-11-21(12-10-19)38(34,35)26(28-25(32)23-8-5-17-36-23)27(33)30-15-13-29(14-16-30)24(31)18-37-22-7-4-3-6-20(22)2/h3-12,17,26H,13-16,18H2,1-2H3,(H,28,32)/t26-/m1/s1. The molecule has 10 nitrogen and oxygen atoms in total. The third-order valence-electron chi connectivity index (χ3n) is 6.28. The Hall–Kier alpha value is -4.12. The zero-order chi connectivity index (χ0) is 27.3. The number of aryl methyl sites for hydroxylation is 2. The summed E-state index contributed by atoms with van der Waals surface area (Å²) in [6, 6.07) is 16.3. The summed E-state index contributed by atoms with van der Waals surface area (Å²) in [5.74, 6) is -1.35. The molecule has 1 fully saturated rings. The molecule has 0 unspecified atom stereocenters. The second kappa shape index (κ2) is 11.5. The quantitative estimate of drug-likeness (QED) is 0.465. The lowest BCUT2D eigenvalue weighted by Gasteiger charge is -2.36. The molecule has 1 N–H and O–H groups in total. The van der Waals surface area contributed by atoms with Crippen molar-refractivity contribution >= 4 is 27.6 Å². The van der Waals surface area contributed by atoms with Gasteiger partial charge in [-0.3, -0.25) is 14.4 Å². The maximum atomic E-state index is 13.5. The van der Waals surface area contributed by atoms with Gasteiger partial charge in [-0.25, -0.2) is 8.42 Å². The lowest BCUT2D eigenvalue weighted by atomic mass is 10.2. The Morgan fingerprint density at radius 1 is 0.921 bits per heavy atom. The molecule has 1 atom stereocenters. The number of carbonyl (C=O) groups is 3. The molecule has 0 saturated carbocycles. The van der Waals surface area contributed by atoms with E-state index in [1.165, 1.54) is 35.4 Å². The summed E-state index contributed by atoms with van der Waals surface area (Å²) in [6.45, 7) is 4.15. The number of piperazine rings is 1. The van der Waals surface area contributed by atoms with Gasteiger partial charge in [0, 0.05) is 26.2 Å². The molecule has 38 heavy (non-hydrogen) atoms. The Morgan fingerprint density at radius 3 is 2.21 bits per heavy atom. The Bertz CT molecular complexity index is 1390. The summed E-state index contributed by atoms with van der Waals surface area (Å²) in [4.78, 5) is 41.7. The van der Waals surface area contributed by atoms with Crippen LogP contribution in [-0.2, 0) is 19.4 Å². The van der Waals surface area contributed by atoms with E-state index in [0.717, 1.165) is 11.1 Å². The topological polar surface area (TPSA) is 126 Å². The second-order valence-electron chi connectivity index (χ2n) is 8.95. The lowest BCUT2D eigenvalue weighted by Crippen LogP contribution is -2.58. The molecule has 4 rings (SSSR count). The molecule has 1 saturated heterocycles. The van der Waals surface area contributed by atoms with Gasteiger partial charge in [-0.1, -0.05) is 35.9 Å². The molecule has 1 aliphatic heterocycles. The molecule has 200 valence electrons. The maximum Gasteiger partial charge on any atom is 0.288 e. The van der Waals surface area contributed by atoms with Crippen molar-refractivity contribution in [3.05, 3.63) is 83.8 Å². The maximum absolute atomic E-state index is 13.5. The van der Waals surface area contributed by atoms with Gasteiger partial charge in [0.2, 0.25) is 15.2 Å². The van der Waals surface area contributed by atoms with Crippen molar-refractivity contribution in [2.45, 2.75) is 24.1 Å². The molecule has 3 amide bonds. The van der Waals surface area contributed by atoms with Crippen molar-refractivity contribution in [1.29, 1.82) is 0 Å². The number of carbonyl (C=O) groups excluding carboxylic acids is 3. The van der Waals surface area contributed by atoms with E-state index < -0.39 is 27.0 Å². The minimum atomic E-state index is -4.29. The second-order valence-corrected chi connectivity index (χ2v) is 11.0. The molecule has 3 aromatic rings. The number of hydrogen-bond donors (Lipinski definition) is 1. The van der Waals surface area contributed by atoms with Crippen LogP contribution in [0, 0.1) is 13.8 Å². The van der Waals surface area contributed by atoms with Gasteiger partial charge in [0.25, 0.3) is 17.7 Å². The van der Waals surface area contributed by atoms with Crippen molar-refractivity contribution in [2.75, 3.05) is 32.8 Å². The van der Waals surface area contributed by atoms with E-state index in [0.29, 0.717) is 5.75 Å². The highest BCUT2D eigenvalue weighted by molar-refractivity contribution is 7.92. The molecule has 2 heterocycles. The van der Waals surface area contributed by atoms with Gasteiger partial charge >= 0.3 is 0 Å². The number of sulfone groups is 1. The fourth-order valence-electron chi connectivity index (χ4n) is 4.03. The highest BCUT2D eigenvalue weighted by Crippen LogP contribution is 2.20. The predicted molar refractivity (Wildman–Crippen MR) is 138 cm³/mol. The Morgan fingerprint density at radius 2 is 1.58 bits per heavy atom. The van der Waals surface area contributed by atoms with Crippen LogP contribution in [0.3, 0.4) is 0 Å². The lowest BCUT2D eigenvalue weighted by molar-refractivity contribution is -0.140. The fraction of sp³-hybridized carbons (Fsp3) is 0.296. The Kier molecular flexibility index (Phi) is 8.16. The van der Waals surface area contributed by atoms with Gasteiger partial charge in [-0.15, -0.1) is 0 Å². The number of nitrogens with zero attached hydrogens (tertiary/aromatic N) is 2. The Balaban J connectivity index is 1.45. The smallest absolute Gasteiger partial charge is 0.288 e. The summed E-state index contributed by atoms with van der Waals surface area (Å²) in [6.07, 6.45) is 1.28. The van der Waals surface area contributed by atoms with E-state index >= 15 is 0 Å². The van der Waals surface area contributed by atoms with E-state index in [9.17, 15) is 22.8 Å². The van der Waals surface area contributed by atoms with Crippen LogP contribution >= 0.6 is 0 Å². The van der Waals surface area contributed by atoms with Crippen LogP contribution < -0.4 is 10.1 Å². The zero-order valence-corrected chi connectivity index (χ0v) is 21.9. The number of benzene rings is 2. The highest BCUT2D eigenvalue weighted by atomic mass is 32.2. The van der Waals surface area contributed by atoms with E-state index in [-0.39, 0.29) is 49.3 Å². The van der Waals surface area contributed by atoms with Gasteiger partial charge in [-0.05, 0) is 49.7 Å². The monoisotopic (exact) mass is 539 g/mol. The van der Waals surface area contributed by atoms with E-state index in [1.54, 1.807) is 23.1 Å². The summed E-state index contributed by atoms with van der Waals surface area (Å²) in [5.41, 5.74) is 1.76. The van der Waals surface area contributed by atoms with Gasteiger partial charge in [0.05, 0.1) is 11.2 Å². The molecule has 0 bridgehead atoms. The van der Waals surface area contributed by atoms with Gasteiger partial charge < -0.3 is 24.3 Å². The van der Waals surface area contributed by atoms with Crippen molar-refractivity contribution in [3.8, 4) is 5.75 Å². The molecular formula is C27H29N3O7S. The number of amides is 3. The van der Waals surface area contributed by atoms with Crippen molar-refractivity contribution < 1.29 is 32.0 Å². The predicted octanol–water partition coefficient (Wildman–Crippen LogP) is 2.18. The third kappa shape index (κ3) is 6.05. The van der Waals surface area contributed by atoms with E-state index in [2.05, 4.69) is 5.32 Å². The van der Waals surface area contributed by atoms with Crippen molar-refractivity contribution in [1.82, 2.24) is 15.1 Å². The van der Waals surface area contributed by atoms with Crippen LogP contribution in [0.1, 0.15) is 21.7 Å². The summed E-state index contributed by atoms with van der Waals surface area (Å²) in [7, 11) is -4.29. The van der Waals surface area contributed by atoms with Crippen molar-refractivity contribution in [3.63, 3.8) is 0 Å². The van der Waals surface area contributed by atoms with Gasteiger partial charge in [0.1, 0.15) is 5.75 Å². The number of rotatable bonds is 8. The van der Waals surface area contributed by atoms with Crippen LogP contribution in [0.15, 0.2) is 76.2 Å². The van der Waals surface area contributed by atoms with Crippen LogP contribution in [0.2, 0.25) is 0 Å². The minimum absolute atomic E-state index is 0.0941. The number of ether oxygens (including phenoxy) is 1. The largest absolute Gasteiger partial charge is 0.484 e. The zero-order valence-electron chi connectivity index (χ0n) is 21.1. The van der Waals surface area contributed by atoms with Crippen LogP contribution in [0.25, 0.3) is 0 Å². The van der Waals surface area contributed by atoms with Crippen LogP contribution in [0.4, 0.5) is 0 Å². The van der Waals surface area contributed by atoms with Gasteiger partial charge in [-0.2, -0.15) is 0 Å². The number of furan rings is 1. The van der Waals surface area contributed by atoms with Gasteiger partial charge in [0.15, 0.2) is 12.4 Å². The molecule has 0 spiro atoms. The molecule has 0 aliphatic carbocycles.